The Bertz CT molecular complexity index is 476. The summed E-state index contributed by atoms with van der Waals surface area (Å²) in [6.45, 7) is 3.44. The Hall–Kier alpha value is -1.66. The molecule has 1 unspecified atom stereocenters. The maximum Gasteiger partial charge on any atom is 0.263 e. The van der Waals surface area contributed by atoms with Crippen molar-refractivity contribution in [1.29, 1.82) is 0 Å². The van der Waals surface area contributed by atoms with Crippen LogP contribution in [-0.2, 0) is 11.3 Å². The Morgan fingerprint density at radius 2 is 2.44 bits per heavy atom. The Morgan fingerprint density at radius 1 is 1.61 bits per heavy atom. The van der Waals surface area contributed by atoms with E-state index in [0.717, 1.165) is 13.1 Å². The molecule has 1 fully saturated rings. The summed E-state index contributed by atoms with van der Waals surface area (Å²) < 4.78 is 6.94. The molecule has 1 atom stereocenters. The van der Waals surface area contributed by atoms with Gasteiger partial charge in [0.2, 0.25) is 0 Å². The van der Waals surface area contributed by atoms with Crippen molar-refractivity contribution in [3.8, 4) is 0 Å². The minimum Gasteiger partial charge on any atom is -0.380 e. The number of aromatic nitrogens is 1. The van der Waals surface area contributed by atoms with Gasteiger partial charge in [0.05, 0.1) is 13.2 Å². The molecule has 0 saturated carbocycles. The molecular weight excluding hydrogens is 234 g/mol. The first-order valence-corrected chi connectivity index (χ1v) is 5.96. The molecule has 0 spiro atoms. The van der Waals surface area contributed by atoms with Crippen molar-refractivity contribution in [2.75, 3.05) is 26.3 Å². The maximum atomic E-state index is 12.0. The molecule has 18 heavy (non-hydrogen) atoms. The van der Waals surface area contributed by atoms with Crippen LogP contribution in [0.3, 0.4) is 0 Å². The van der Waals surface area contributed by atoms with Gasteiger partial charge in [-0.15, -0.1) is 0 Å². The van der Waals surface area contributed by atoms with E-state index in [-0.39, 0.29) is 17.0 Å². The van der Waals surface area contributed by atoms with Crippen molar-refractivity contribution < 1.29 is 9.53 Å². The number of carbonyl (C=O) groups excluding carboxylic acids is 1. The number of rotatable bonds is 3. The van der Waals surface area contributed by atoms with E-state index in [9.17, 15) is 9.59 Å². The van der Waals surface area contributed by atoms with E-state index in [4.69, 9.17) is 10.5 Å². The second-order valence-corrected chi connectivity index (χ2v) is 4.39. The lowest BCUT2D eigenvalue weighted by atomic mass is 10.1. The van der Waals surface area contributed by atoms with Crippen LogP contribution in [0.4, 0.5) is 0 Å². The summed E-state index contributed by atoms with van der Waals surface area (Å²) in [6, 6.07) is 3.11. The van der Waals surface area contributed by atoms with Crippen LogP contribution in [0, 0.1) is 5.92 Å². The second kappa shape index (κ2) is 5.79. The van der Waals surface area contributed by atoms with Crippen molar-refractivity contribution >= 4 is 5.91 Å². The smallest absolute Gasteiger partial charge is 0.263 e. The lowest BCUT2D eigenvalue weighted by Gasteiger charge is -2.15. The second-order valence-electron chi connectivity index (χ2n) is 4.39. The molecule has 0 bridgehead atoms. The van der Waals surface area contributed by atoms with Gasteiger partial charge in [-0.2, -0.15) is 0 Å². The Balaban J connectivity index is 2.16. The summed E-state index contributed by atoms with van der Waals surface area (Å²) in [4.78, 5) is 23.1. The van der Waals surface area contributed by atoms with Crippen LogP contribution in [0.2, 0.25) is 0 Å². The number of nitrogens with one attached hydrogen (secondary N) is 1. The molecule has 0 aliphatic carbocycles. The van der Waals surface area contributed by atoms with E-state index >= 15 is 0 Å². The third-order valence-corrected chi connectivity index (χ3v) is 2.95. The molecule has 1 amide bonds. The third-order valence-electron chi connectivity index (χ3n) is 2.95. The Labute approximate surface area is 105 Å². The van der Waals surface area contributed by atoms with Gasteiger partial charge in [0.25, 0.3) is 11.5 Å². The van der Waals surface area contributed by atoms with Crippen molar-refractivity contribution in [3.63, 3.8) is 0 Å². The summed E-state index contributed by atoms with van der Waals surface area (Å²) in [6.07, 6.45) is 1.67. The van der Waals surface area contributed by atoms with Crippen molar-refractivity contribution in [2.45, 2.75) is 6.54 Å². The van der Waals surface area contributed by atoms with Crippen LogP contribution in [0.1, 0.15) is 10.4 Å². The molecule has 6 heteroatoms. The normalized spacial score (nSPS) is 20.3. The van der Waals surface area contributed by atoms with E-state index < -0.39 is 5.91 Å². The predicted molar refractivity (Wildman–Crippen MR) is 66.4 cm³/mol. The number of amides is 1. The lowest BCUT2D eigenvalue weighted by molar-refractivity contribution is 0.0997. The fraction of sp³-hybridized carbons (Fsp3) is 0.500. The van der Waals surface area contributed by atoms with Gasteiger partial charge in [0.1, 0.15) is 5.56 Å². The highest BCUT2D eigenvalue weighted by Crippen LogP contribution is 2.03. The highest BCUT2D eigenvalue weighted by atomic mass is 16.5. The third kappa shape index (κ3) is 2.96. The molecule has 0 aromatic carbocycles. The number of pyridine rings is 1. The van der Waals surface area contributed by atoms with Crippen LogP contribution in [0.15, 0.2) is 23.1 Å². The molecule has 98 valence electrons. The Kier molecular flexibility index (Phi) is 4.11. The van der Waals surface area contributed by atoms with Gasteiger partial charge < -0.3 is 20.4 Å². The van der Waals surface area contributed by atoms with Gasteiger partial charge in [-0.3, -0.25) is 9.59 Å². The van der Waals surface area contributed by atoms with Gasteiger partial charge in [-0.05, 0) is 12.1 Å². The van der Waals surface area contributed by atoms with E-state index in [1.165, 1.54) is 10.6 Å². The zero-order valence-electron chi connectivity index (χ0n) is 10.1. The van der Waals surface area contributed by atoms with E-state index in [0.29, 0.717) is 19.8 Å². The first-order chi connectivity index (χ1) is 8.68. The highest BCUT2D eigenvalue weighted by molar-refractivity contribution is 5.92. The summed E-state index contributed by atoms with van der Waals surface area (Å²) in [7, 11) is 0. The number of carbonyl (C=O) groups is 1. The summed E-state index contributed by atoms with van der Waals surface area (Å²) >= 11 is 0. The molecular formula is C12H17N3O3. The zero-order valence-corrected chi connectivity index (χ0v) is 10.1. The average Bonchev–Trinajstić information content (AvgIpc) is 2.60. The van der Waals surface area contributed by atoms with Gasteiger partial charge in [0, 0.05) is 31.7 Å². The summed E-state index contributed by atoms with van der Waals surface area (Å²) in [5, 5.41) is 3.24. The van der Waals surface area contributed by atoms with Crippen molar-refractivity contribution in [1.82, 2.24) is 9.88 Å². The van der Waals surface area contributed by atoms with Crippen LogP contribution in [0.25, 0.3) is 0 Å². The molecule has 0 radical (unpaired) electrons. The summed E-state index contributed by atoms with van der Waals surface area (Å²) in [5.74, 6) is -0.474. The fourth-order valence-corrected chi connectivity index (χ4v) is 2.02. The van der Waals surface area contributed by atoms with Gasteiger partial charge >= 0.3 is 0 Å². The molecule has 1 aliphatic heterocycles. The minimum atomic E-state index is -0.690. The number of nitrogens with zero attached hydrogens (tertiary/aromatic N) is 1. The Morgan fingerprint density at radius 3 is 3.22 bits per heavy atom. The van der Waals surface area contributed by atoms with E-state index in [2.05, 4.69) is 5.32 Å². The molecule has 1 aromatic rings. The monoisotopic (exact) mass is 251 g/mol. The topological polar surface area (TPSA) is 86.3 Å². The van der Waals surface area contributed by atoms with Crippen molar-refractivity contribution in [2.24, 2.45) is 11.7 Å². The molecule has 2 heterocycles. The number of hydrogen-bond donors (Lipinski definition) is 2. The number of hydrogen-bond acceptors (Lipinski definition) is 4. The standard InChI is InChI=1S/C12H17N3O3/c13-11(16)10-2-1-4-15(12(10)17)7-9-6-14-3-5-18-8-9/h1-2,4,9,14H,3,5-8H2,(H2,13,16). The predicted octanol–water partition coefficient (Wildman–Crippen LogP) is -0.817. The molecule has 1 aromatic heterocycles. The van der Waals surface area contributed by atoms with Gasteiger partial charge in [-0.1, -0.05) is 0 Å². The van der Waals surface area contributed by atoms with Crippen LogP contribution in [0.5, 0.6) is 0 Å². The van der Waals surface area contributed by atoms with Gasteiger partial charge in [-0.25, -0.2) is 0 Å². The minimum absolute atomic E-state index is 0.0278. The lowest BCUT2D eigenvalue weighted by Crippen LogP contribution is -2.33. The molecule has 6 nitrogen and oxygen atoms in total. The van der Waals surface area contributed by atoms with E-state index in [1.54, 1.807) is 12.3 Å². The molecule has 2 rings (SSSR count). The SMILES string of the molecule is NC(=O)c1cccn(CC2CNCCOC2)c1=O. The fourth-order valence-electron chi connectivity index (χ4n) is 2.02. The highest BCUT2D eigenvalue weighted by Gasteiger charge is 2.15. The van der Waals surface area contributed by atoms with Crippen LogP contribution in [-0.4, -0.2) is 36.8 Å². The molecule has 1 aliphatic rings. The number of primary amides is 1. The number of nitrogens with two attached hydrogens (primary N) is 1. The van der Waals surface area contributed by atoms with Gasteiger partial charge in [0.15, 0.2) is 0 Å². The largest absolute Gasteiger partial charge is 0.380 e. The quantitative estimate of drug-likeness (QED) is 0.735. The number of ether oxygens (including phenoxy) is 1. The zero-order chi connectivity index (χ0) is 13.0. The average molecular weight is 251 g/mol. The first kappa shape index (κ1) is 12.8. The first-order valence-electron chi connectivity index (χ1n) is 5.96. The van der Waals surface area contributed by atoms with Crippen LogP contribution >= 0.6 is 0 Å². The van der Waals surface area contributed by atoms with Crippen molar-refractivity contribution in [3.05, 3.63) is 34.2 Å². The molecule has 1 saturated heterocycles. The summed E-state index contributed by atoms with van der Waals surface area (Å²) in [5.41, 5.74) is 4.84. The maximum absolute atomic E-state index is 12.0. The molecule has 3 N–H and O–H groups in total. The van der Waals surface area contributed by atoms with Crippen LogP contribution < -0.4 is 16.6 Å². The van der Waals surface area contributed by atoms with E-state index in [1.807, 2.05) is 0 Å².